The summed E-state index contributed by atoms with van der Waals surface area (Å²) in [6, 6.07) is 10.6. The number of rotatable bonds is 6. The average Bonchev–Trinajstić information content (AvgIpc) is 3.12. The lowest BCUT2D eigenvalue weighted by molar-refractivity contribution is 0.317. The van der Waals surface area contributed by atoms with Gasteiger partial charge in [0.25, 0.3) is 0 Å². The molecule has 1 N–H and O–H groups in total. The number of likely N-dealkylation sites (tertiary alicyclic amines) is 1. The first kappa shape index (κ1) is 13.6. The van der Waals surface area contributed by atoms with Crippen LogP contribution in [0.25, 0.3) is 0 Å². The quantitative estimate of drug-likeness (QED) is 0.809. The molecule has 1 aromatic rings. The first-order chi connectivity index (χ1) is 10.4. The number of hydrogen-bond donors (Lipinski definition) is 1. The van der Waals surface area contributed by atoms with Gasteiger partial charge in [0.15, 0.2) is 0 Å². The van der Waals surface area contributed by atoms with Crippen molar-refractivity contribution in [1.29, 1.82) is 0 Å². The highest BCUT2D eigenvalue weighted by Gasteiger charge is 2.33. The summed E-state index contributed by atoms with van der Waals surface area (Å²) in [6.45, 7) is 6.18. The summed E-state index contributed by atoms with van der Waals surface area (Å²) in [7, 11) is 0. The van der Waals surface area contributed by atoms with Crippen LogP contribution < -0.4 is 10.2 Å². The molecular formula is C18H27N3. The van der Waals surface area contributed by atoms with E-state index in [1.54, 1.807) is 0 Å². The van der Waals surface area contributed by atoms with Crippen molar-refractivity contribution in [1.82, 2.24) is 10.2 Å². The maximum Gasteiger partial charge on any atom is 0.0399 e. The molecule has 4 rings (SSSR count). The molecular weight excluding hydrogens is 258 g/mol. The van der Waals surface area contributed by atoms with E-state index in [0.717, 1.165) is 12.1 Å². The summed E-state index contributed by atoms with van der Waals surface area (Å²) >= 11 is 0. The van der Waals surface area contributed by atoms with E-state index >= 15 is 0 Å². The van der Waals surface area contributed by atoms with Gasteiger partial charge in [0, 0.05) is 44.0 Å². The normalized spacial score (nSPS) is 25.5. The lowest BCUT2D eigenvalue weighted by atomic mass is 10.2. The predicted molar refractivity (Wildman–Crippen MR) is 88.0 cm³/mol. The molecule has 2 heterocycles. The Morgan fingerprint density at radius 3 is 2.90 bits per heavy atom. The van der Waals surface area contributed by atoms with E-state index in [1.165, 1.54) is 76.1 Å². The van der Waals surface area contributed by atoms with E-state index in [0.29, 0.717) is 0 Å². The molecule has 2 aliphatic heterocycles. The SMILES string of the molecule is c1ccc2c(c1)CCN2CCCNC1CCN(C2CC2)C1. The molecule has 1 saturated carbocycles. The summed E-state index contributed by atoms with van der Waals surface area (Å²) in [6.07, 6.45) is 6.72. The molecule has 21 heavy (non-hydrogen) atoms. The van der Waals surface area contributed by atoms with Crippen LogP contribution in [0.2, 0.25) is 0 Å². The van der Waals surface area contributed by atoms with E-state index < -0.39 is 0 Å². The number of hydrogen-bond acceptors (Lipinski definition) is 3. The van der Waals surface area contributed by atoms with Gasteiger partial charge in [-0.1, -0.05) is 18.2 Å². The topological polar surface area (TPSA) is 18.5 Å². The Hall–Kier alpha value is -1.06. The molecule has 3 nitrogen and oxygen atoms in total. The lowest BCUT2D eigenvalue weighted by Crippen LogP contribution is -2.35. The molecule has 1 atom stereocenters. The molecule has 3 aliphatic rings. The van der Waals surface area contributed by atoms with E-state index in [2.05, 4.69) is 39.4 Å². The molecule has 2 fully saturated rings. The molecule has 114 valence electrons. The van der Waals surface area contributed by atoms with Crippen molar-refractivity contribution in [2.75, 3.05) is 37.6 Å². The fraction of sp³-hybridized carbons (Fsp3) is 0.667. The van der Waals surface area contributed by atoms with Crippen molar-refractivity contribution in [2.45, 2.75) is 44.2 Å². The standard InChI is InChI=1S/C18H27N3/c1-2-5-18-15(4-1)8-12-20(18)11-3-10-19-16-9-13-21(14-16)17-6-7-17/h1-2,4-5,16-17,19H,3,6-14H2. The smallest absolute Gasteiger partial charge is 0.0399 e. The first-order valence-corrected chi connectivity index (χ1v) is 8.70. The van der Waals surface area contributed by atoms with Gasteiger partial charge in [0.2, 0.25) is 0 Å². The maximum atomic E-state index is 3.77. The Morgan fingerprint density at radius 1 is 1.10 bits per heavy atom. The van der Waals surface area contributed by atoms with E-state index in [4.69, 9.17) is 0 Å². The van der Waals surface area contributed by atoms with Crippen molar-refractivity contribution in [3.8, 4) is 0 Å². The van der Waals surface area contributed by atoms with Crippen LogP contribution >= 0.6 is 0 Å². The van der Waals surface area contributed by atoms with E-state index in [1.807, 2.05) is 0 Å². The van der Waals surface area contributed by atoms with Crippen LogP contribution in [-0.2, 0) is 6.42 Å². The summed E-state index contributed by atoms with van der Waals surface area (Å²) in [5, 5.41) is 3.77. The van der Waals surface area contributed by atoms with Crippen molar-refractivity contribution in [3.05, 3.63) is 29.8 Å². The Labute approximate surface area is 128 Å². The van der Waals surface area contributed by atoms with Crippen molar-refractivity contribution >= 4 is 5.69 Å². The Bertz CT molecular complexity index is 483. The fourth-order valence-corrected chi connectivity index (χ4v) is 3.94. The lowest BCUT2D eigenvalue weighted by Gasteiger charge is -2.20. The molecule has 1 saturated heterocycles. The number of nitrogens with zero attached hydrogens (tertiary/aromatic N) is 2. The van der Waals surface area contributed by atoms with Gasteiger partial charge in [-0.25, -0.2) is 0 Å². The Kier molecular flexibility index (Phi) is 3.87. The van der Waals surface area contributed by atoms with Crippen molar-refractivity contribution < 1.29 is 0 Å². The molecule has 1 unspecified atom stereocenters. The zero-order chi connectivity index (χ0) is 14.1. The maximum absolute atomic E-state index is 3.77. The van der Waals surface area contributed by atoms with Gasteiger partial charge in [-0.05, 0) is 50.3 Å². The second-order valence-corrected chi connectivity index (χ2v) is 6.89. The van der Waals surface area contributed by atoms with Crippen LogP contribution in [0, 0.1) is 0 Å². The van der Waals surface area contributed by atoms with Gasteiger partial charge < -0.3 is 10.2 Å². The van der Waals surface area contributed by atoms with Gasteiger partial charge in [-0.2, -0.15) is 0 Å². The van der Waals surface area contributed by atoms with E-state index in [9.17, 15) is 0 Å². The number of nitrogens with one attached hydrogen (secondary N) is 1. The molecule has 0 amide bonds. The second kappa shape index (κ2) is 5.98. The van der Waals surface area contributed by atoms with Gasteiger partial charge in [0.05, 0.1) is 0 Å². The molecule has 0 spiro atoms. The highest BCUT2D eigenvalue weighted by molar-refractivity contribution is 5.57. The van der Waals surface area contributed by atoms with Crippen LogP contribution in [0.5, 0.6) is 0 Å². The predicted octanol–water partition coefficient (Wildman–Crippen LogP) is 2.27. The van der Waals surface area contributed by atoms with E-state index in [-0.39, 0.29) is 0 Å². The largest absolute Gasteiger partial charge is 0.371 e. The fourth-order valence-electron chi connectivity index (χ4n) is 3.94. The molecule has 1 aliphatic carbocycles. The number of anilines is 1. The Balaban J connectivity index is 1.17. The highest BCUT2D eigenvalue weighted by atomic mass is 15.2. The third-order valence-electron chi connectivity index (χ3n) is 5.30. The average molecular weight is 285 g/mol. The summed E-state index contributed by atoms with van der Waals surface area (Å²) < 4.78 is 0. The number of fused-ring (bicyclic) bond motifs is 1. The minimum absolute atomic E-state index is 0.747. The number of para-hydroxylation sites is 1. The van der Waals surface area contributed by atoms with Gasteiger partial charge in [-0.3, -0.25) is 4.90 Å². The third-order valence-corrected chi connectivity index (χ3v) is 5.30. The number of benzene rings is 1. The summed E-state index contributed by atoms with van der Waals surface area (Å²) in [5.41, 5.74) is 3.00. The third kappa shape index (κ3) is 3.09. The van der Waals surface area contributed by atoms with Crippen LogP contribution in [-0.4, -0.2) is 49.7 Å². The molecule has 0 radical (unpaired) electrons. The van der Waals surface area contributed by atoms with Crippen LogP contribution in [0.3, 0.4) is 0 Å². The highest BCUT2D eigenvalue weighted by Crippen LogP contribution is 2.30. The van der Waals surface area contributed by atoms with Gasteiger partial charge in [0.1, 0.15) is 0 Å². The Morgan fingerprint density at radius 2 is 2.00 bits per heavy atom. The summed E-state index contributed by atoms with van der Waals surface area (Å²) in [4.78, 5) is 5.25. The van der Waals surface area contributed by atoms with Crippen LogP contribution in [0.1, 0.15) is 31.2 Å². The minimum atomic E-state index is 0.747. The van der Waals surface area contributed by atoms with Gasteiger partial charge >= 0.3 is 0 Å². The molecule has 3 heteroatoms. The minimum Gasteiger partial charge on any atom is -0.371 e. The summed E-state index contributed by atoms with van der Waals surface area (Å²) in [5.74, 6) is 0. The molecule has 0 aromatic heterocycles. The molecule has 1 aromatic carbocycles. The zero-order valence-electron chi connectivity index (χ0n) is 12.9. The zero-order valence-corrected chi connectivity index (χ0v) is 12.9. The van der Waals surface area contributed by atoms with Crippen molar-refractivity contribution in [2.24, 2.45) is 0 Å². The monoisotopic (exact) mass is 285 g/mol. The molecule has 0 bridgehead atoms. The first-order valence-electron chi connectivity index (χ1n) is 8.70. The second-order valence-electron chi connectivity index (χ2n) is 6.89. The van der Waals surface area contributed by atoms with Gasteiger partial charge in [-0.15, -0.1) is 0 Å². The van der Waals surface area contributed by atoms with Crippen LogP contribution in [0.4, 0.5) is 5.69 Å². The van der Waals surface area contributed by atoms with Crippen molar-refractivity contribution in [3.63, 3.8) is 0 Å². The van der Waals surface area contributed by atoms with Crippen LogP contribution in [0.15, 0.2) is 24.3 Å².